The Morgan fingerprint density at radius 1 is 0.550 bits per heavy atom. The number of rotatable bonds is 16. The van der Waals surface area contributed by atoms with Crippen LogP contribution in [-0.2, 0) is 56.3 Å². The molecule has 1 rings (SSSR count). The molecule has 0 aliphatic rings. The molecule has 0 atom stereocenters. The van der Waals surface area contributed by atoms with E-state index < -0.39 is 38.3 Å². The average Bonchev–Trinajstić information content (AvgIpc) is 2.79. The maximum Gasteiger partial charge on any atom is 0.365 e. The van der Waals surface area contributed by atoms with Gasteiger partial charge in [0.1, 0.15) is 5.75 Å². The number of hydrogen-bond acceptors (Lipinski definition) is 10. The summed E-state index contributed by atoms with van der Waals surface area (Å²) in [5.74, 6) is 0.00519. The van der Waals surface area contributed by atoms with E-state index in [0.29, 0.717) is 11.1 Å². The second kappa shape index (κ2) is 14.3. The lowest BCUT2D eigenvalue weighted by atomic mass is 9.78. The molecule has 13 heteroatoms. The topological polar surface area (TPSA) is 127 Å². The Balaban J connectivity index is 4.89. The highest BCUT2D eigenvalue weighted by Crippen LogP contribution is 2.95. The Morgan fingerprint density at radius 3 is 0.950 bits per heavy atom. The highest BCUT2D eigenvalue weighted by molar-refractivity contribution is 7.89. The zero-order valence-corrected chi connectivity index (χ0v) is 29.0. The summed E-state index contributed by atoms with van der Waals surface area (Å²) >= 11 is 0. The molecule has 40 heavy (non-hydrogen) atoms. The minimum Gasteiger partial charge on any atom is -0.507 e. The monoisotopic (exact) mass is 628 g/mol. The van der Waals surface area contributed by atoms with Gasteiger partial charge in [0.25, 0.3) is 4.64 Å². The zero-order chi connectivity index (χ0) is 31.2. The van der Waals surface area contributed by atoms with E-state index in [2.05, 4.69) is 0 Å². The molecular weight excluding hydrogens is 577 g/mol. The van der Waals surface area contributed by atoms with Crippen LogP contribution in [-0.4, -0.2) is 44.7 Å². The first kappa shape index (κ1) is 37.5. The van der Waals surface area contributed by atoms with Gasteiger partial charge in [0.05, 0.1) is 39.6 Å². The Hall–Kier alpha value is -0.530. The molecule has 0 radical (unpaired) electrons. The van der Waals surface area contributed by atoms with Crippen LogP contribution in [0.1, 0.15) is 99.8 Å². The predicted molar refractivity (Wildman–Crippen MR) is 160 cm³/mol. The smallest absolute Gasteiger partial charge is 0.365 e. The van der Waals surface area contributed by atoms with Gasteiger partial charge in [-0.25, -0.2) is 0 Å². The molecule has 0 aliphatic heterocycles. The number of phenolic OH excluding ortho intramolecular Hbond substituents is 1. The number of phenols is 1. The maximum atomic E-state index is 15.3. The molecule has 10 nitrogen and oxygen atoms in total. The lowest BCUT2D eigenvalue weighted by Gasteiger charge is -2.45. The Labute approximate surface area is 241 Å². The molecule has 1 aromatic rings. The van der Waals surface area contributed by atoms with Gasteiger partial charge in [-0.05, 0) is 81.2 Å². The molecular formula is C27H51O10P3. The van der Waals surface area contributed by atoms with E-state index in [1.165, 1.54) is 12.1 Å². The number of benzene rings is 1. The maximum absolute atomic E-state index is 15.3. The van der Waals surface area contributed by atoms with E-state index in [1.54, 1.807) is 41.5 Å². The van der Waals surface area contributed by atoms with Crippen LogP contribution in [0.3, 0.4) is 0 Å². The van der Waals surface area contributed by atoms with Crippen molar-refractivity contribution in [3.05, 3.63) is 28.8 Å². The van der Waals surface area contributed by atoms with E-state index >= 15 is 13.7 Å². The van der Waals surface area contributed by atoms with Gasteiger partial charge in [0, 0.05) is 0 Å². The van der Waals surface area contributed by atoms with Crippen LogP contribution in [0.25, 0.3) is 0 Å². The van der Waals surface area contributed by atoms with E-state index in [9.17, 15) is 5.11 Å². The van der Waals surface area contributed by atoms with Gasteiger partial charge < -0.3 is 32.2 Å². The van der Waals surface area contributed by atoms with Crippen molar-refractivity contribution in [3.63, 3.8) is 0 Å². The molecule has 0 heterocycles. The SMILES string of the molecule is CCOP(=O)(OCC)C(c1cc(C(C)(C)C)c(O)c(C(C)(C)C)c1)(P(=O)(OCC)OCC)P(=O)(OCC)OCC. The first-order valence-corrected chi connectivity index (χ1v) is 18.5. The Bertz CT molecular complexity index is 981. The molecule has 0 saturated carbocycles. The summed E-state index contributed by atoms with van der Waals surface area (Å²) in [5, 5.41) is 11.5. The number of hydrogen-bond donors (Lipinski definition) is 1. The van der Waals surface area contributed by atoms with Gasteiger partial charge in [0.2, 0.25) is 0 Å². The van der Waals surface area contributed by atoms with Crippen LogP contribution < -0.4 is 0 Å². The quantitative estimate of drug-likeness (QED) is 0.177. The molecule has 1 N–H and O–H groups in total. The highest BCUT2D eigenvalue weighted by atomic mass is 31.3. The van der Waals surface area contributed by atoms with Gasteiger partial charge in [-0.3, -0.25) is 13.7 Å². The summed E-state index contributed by atoms with van der Waals surface area (Å²) < 4.78 is 78.2. The third-order valence-electron chi connectivity index (χ3n) is 6.05. The van der Waals surface area contributed by atoms with Crippen molar-refractivity contribution in [2.45, 2.75) is 98.6 Å². The first-order valence-electron chi connectivity index (χ1n) is 13.9. The van der Waals surface area contributed by atoms with Crippen LogP contribution in [0.4, 0.5) is 0 Å². The summed E-state index contributed by atoms with van der Waals surface area (Å²) in [6.45, 7) is 20.0. The minimum atomic E-state index is -4.81. The third kappa shape index (κ3) is 6.98. The molecule has 0 saturated heterocycles. The van der Waals surface area contributed by atoms with Gasteiger partial charge in [-0.2, -0.15) is 0 Å². The van der Waals surface area contributed by atoms with Crippen molar-refractivity contribution in [2.24, 2.45) is 0 Å². The molecule has 0 aromatic heterocycles. The second-order valence-corrected chi connectivity index (χ2v) is 18.7. The molecule has 0 amide bonds. The van der Waals surface area contributed by atoms with Gasteiger partial charge in [0.15, 0.2) is 0 Å². The first-order chi connectivity index (χ1) is 18.4. The fourth-order valence-corrected chi connectivity index (χ4v) is 14.9. The Morgan fingerprint density at radius 2 is 0.775 bits per heavy atom. The van der Waals surface area contributed by atoms with Crippen molar-refractivity contribution in [1.82, 2.24) is 0 Å². The fraction of sp³-hybridized carbons (Fsp3) is 0.778. The molecule has 0 aliphatic carbocycles. The molecule has 1 aromatic carbocycles. The van der Waals surface area contributed by atoms with Crippen LogP contribution in [0.2, 0.25) is 0 Å². The summed E-state index contributed by atoms with van der Waals surface area (Å²) in [6.07, 6.45) is 0. The van der Waals surface area contributed by atoms with Crippen molar-refractivity contribution >= 4 is 22.8 Å². The van der Waals surface area contributed by atoms with Crippen LogP contribution in [0, 0.1) is 0 Å². The van der Waals surface area contributed by atoms with Crippen molar-refractivity contribution in [2.75, 3.05) is 39.6 Å². The molecule has 0 spiro atoms. The summed E-state index contributed by atoms with van der Waals surface area (Å²) in [4.78, 5) is 0. The van der Waals surface area contributed by atoms with Crippen molar-refractivity contribution in [1.29, 1.82) is 0 Å². The third-order valence-corrected chi connectivity index (χ3v) is 17.1. The normalized spacial score (nSPS) is 14.1. The summed E-state index contributed by atoms with van der Waals surface area (Å²) in [5.41, 5.74) is -0.470. The highest BCUT2D eigenvalue weighted by Gasteiger charge is 2.78. The predicted octanol–water partition coefficient (Wildman–Crippen LogP) is 8.90. The van der Waals surface area contributed by atoms with Crippen LogP contribution in [0.5, 0.6) is 5.75 Å². The van der Waals surface area contributed by atoms with Crippen molar-refractivity contribution < 1.29 is 45.9 Å². The van der Waals surface area contributed by atoms with Gasteiger partial charge in [-0.15, -0.1) is 0 Å². The zero-order valence-electron chi connectivity index (χ0n) is 26.4. The van der Waals surface area contributed by atoms with E-state index in [4.69, 9.17) is 27.1 Å². The number of aromatic hydroxyl groups is 1. The average molecular weight is 629 g/mol. The van der Waals surface area contributed by atoms with E-state index in [-0.39, 0.29) is 51.0 Å². The van der Waals surface area contributed by atoms with Gasteiger partial charge in [-0.1, -0.05) is 41.5 Å². The van der Waals surface area contributed by atoms with Crippen LogP contribution >= 0.6 is 22.8 Å². The summed E-state index contributed by atoms with van der Waals surface area (Å²) in [7, 11) is -14.4. The molecule has 0 unspecified atom stereocenters. The van der Waals surface area contributed by atoms with E-state index in [1.807, 2.05) is 41.5 Å². The van der Waals surface area contributed by atoms with Crippen molar-refractivity contribution in [3.8, 4) is 5.75 Å². The van der Waals surface area contributed by atoms with E-state index in [0.717, 1.165) is 0 Å². The second-order valence-electron chi connectivity index (χ2n) is 11.1. The summed E-state index contributed by atoms with van der Waals surface area (Å²) in [6, 6.07) is 3.04. The lowest BCUT2D eigenvalue weighted by Crippen LogP contribution is -2.34. The molecule has 234 valence electrons. The van der Waals surface area contributed by atoms with Gasteiger partial charge >= 0.3 is 22.8 Å². The molecule has 0 fully saturated rings. The largest absolute Gasteiger partial charge is 0.507 e. The lowest BCUT2D eigenvalue weighted by molar-refractivity contribution is 0.166. The standard InChI is InChI=1S/C27H51O10P3/c1-13-32-38(29,33-14-2)27(39(30,34-15-3)35-16-4,40(31,36-17-5)37-18-6)21-19-22(25(7,8)9)24(28)23(20-21)26(10,11)12/h19-20,28H,13-18H2,1-12H3. The minimum absolute atomic E-state index is 0.00519. The fourth-order valence-electron chi connectivity index (χ4n) is 4.57. The molecule has 0 bridgehead atoms. The Kier molecular flexibility index (Phi) is 13.4. The van der Waals surface area contributed by atoms with Crippen LogP contribution in [0.15, 0.2) is 12.1 Å².